The van der Waals surface area contributed by atoms with Crippen LogP contribution in [0.2, 0.25) is 0 Å². The van der Waals surface area contributed by atoms with E-state index in [0.717, 1.165) is 45.1 Å². The first-order valence-electron chi connectivity index (χ1n) is 12.2. The summed E-state index contributed by atoms with van der Waals surface area (Å²) in [4.78, 5) is 49.7. The lowest BCUT2D eigenvalue weighted by Gasteiger charge is -2.37. The first-order valence-corrected chi connectivity index (χ1v) is 12.2. The zero-order chi connectivity index (χ0) is 26.0. The van der Waals surface area contributed by atoms with E-state index in [4.69, 9.17) is 19.7 Å². The van der Waals surface area contributed by atoms with Crippen molar-refractivity contribution in [3.8, 4) is 11.6 Å². The molecule has 2 aliphatic heterocycles. The van der Waals surface area contributed by atoms with Crippen LogP contribution < -0.4 is 14.8 Å². The van der Waals surface area contributed by atoms with Gasteiger partial charge < -0.3 is 25.0 Å². The van der Waals surface area contributed by atoms with E-state index in [9.17, 15) is 19.2 Å². The molecule has 0 aromatic carbocycles. The maximum absolute atomic E-state index is 12.4. The molecule has 196 valence electrons. The molecular formula is C25H33N3O8. The van der Waals surface area contributed by atoms with Gasteiger partial charge in [-0.2, -0.15) is 0 Å². The Balaban J connectivity index is 0.000000392. The number of ether oxygens (including phenoxy) is 2. The molecule has 1 aliphatic carbocycles. The molecule has 11 heteroatoms. The number of carboxylic acid groups (broad SMARTS) is 2. The molecule has 2 amide bonds. The van der Waals surface area contributed by atoms with Crippen molar-refractivity contribution >= 4 is 23.8 Å². The smallest absolute Gasteiger partial charge is 0.328 e. The second-order valence-corrected chi connectivity index (χ2v) is 9.28. The quantitative estimate of drug-likeness (QED) is 0.259. The largest absolute Gasteiger partial charge is 0.484 e. The summed E-state index contributed by atoms with van der Waals surface area (Å²) in [5, 5.41) is 19.0. The number of nitrogens with one attached hydrogen (secondary N) is 1. The number of carbonyl (C=O) groups is 4. The molecule has 3 aliphatic rings. The van der Waals surface area contributed by atoms with Gasteiger partial charge in [-0.1, -0.05) is 12.8 Å². The number of piperidine rings is 1. The Hall–Kier alpha value is -3.47. The van der Waals surface area contributed by atoms with Crippen LogP contribution in [0.4, 0.5) is 0 Å². The van der Waals surface area contributed by atoms with Gasteiger partial charge in [-0.15, -0.1) is 0 Å². The van der Waals surface area contributed by atoms with Gasteiger partial charge in [0.1, 0.15) is 12.7 Å². The second-order valence-electron chi connectivity index (χ2n) is 9.28. The van der Waals surface area contributed by atoms with E-state index in [2.05, 4.69) is 10.3 Å². The Bertz CT molecular complexity index is 938. The molecule has 3 N–H and O–H groups in total. The van der Waals surface area contributed by atoms with Gasteiger partial charge in [-0.05, 0) is 49.8 Å². The van der Waals surface area contributed by atoms with Gasteiger partial charge in [0.05, 0.1) is 0 Å². The SMILES string of the molecule is O=C(O)/C=C/C(=O)O.O=C1CC2(CCCC2)CC(=O)N1CCCCNC[C@@H]1COc2cccnc2O1. The Morgan fingerprint density at radius 3 is 2.42 bits per heavy atom. The van der Waals surface area contributed by atoms with Crippen molar-refractivity contribution in [1.29, 1.82) is 0 Å². The molecule has 1 saturated carbocycles. The molecule has 36 heavy (non-hydrogen) atoms. The van der Waals surface area contributed by atoms with Crippen LogP contribution in [-0.4, -0.2) is 76.2 Å². The highest BCUT2D eigenvalue weighted by molar-refractivity contribution is 5.98. The lowest BCUT2D eigenvalue weighted by molar-refractivity contribution is -0.153. The van der Waals surface area contributed by atoms with Gasteiger partial charge in [0.25, 0.3) is 5.88 Å². The predicted molar refractivity (Wildman–Crippen MR) is 128 cm³/mol. The van der Waals surface area contributed by atoms with E-state index in [1.807, 2.05) is 12.1 Å². The molecule has 1 saturated heterocycles. The Morgan fingerprint density at radius 2 is 1.78 bits per heavy atom. The average molecular weight is 504 g/mol. The number of carbonyl (C=O) groups excluding carboxylic acids is 2. The fourth-order valence-electron chi connectivity index (χ4n) is 4.74. The van der Waals surface area contributed by atoms with Crippen molar-refractivity contribution < 1.29 is 38.9 Å². The summed E-state index contributed by atoms with van der Waals surface area (Å²) in [5.41, 5.74) is -0.0121. The summed E-state index contributed by atoms with van der Waals surface area (Å²) in [6.45, 7) is 2.54. The third-order valence-corrected chi connectivity index (χ3v) is 6.48. The average Bonchev–Trinajstić information content (AvgIpc) is 3.28. The number of hydrogen-bond acceptors (Lipinski definition) is 8. The van der Waals surface area contributed by atoms with Gasteiger partial charge in [0.15, 0.2) is 5.75 Å². The highest BCUT2D eigenvalue weighted by Crippen LogP contribution is 2.46. The number of unbranched alkanes of at least 4 members (excludes halogenated alkanes) is 1. The van der Waals surface area contributed by atoms with Crippen LogP contribution in [0.15, 0.2) is 30.5 Å². The predicted octanol–water partition coefficient (Wildman–Crippen LogP) is 2.01. The number of carboxylic acids is 2. The molecule has 11 nitrogen and oxygen atoms in total. The minimum atomic E-state index is -1.26. The number of rotatable bonds is 9. The van der Waals surface area contributed by atoms with Crippen molar-refractivity contribution in [1.82, 2.24) is 15.2 Å². The van der Waals surface area contributed by atoms with E-state index in [1.165, 1.54) is 4.90 Å². The van der Waals surface area contributed by atoms with Gasteiger partial charge in [0, 0.05) is 44.3 Å². The third kappa shape index (κ3) is 8.04. The van der Waals surface area contributed by atoms with Crippen molar-refractivity contribution in [2.75, 3.05) is 26.2 Å². The van der Waals surface area contributed by atoms with Crippen molar-refractivity contribution in [3.05, 3.63) is 30.5 Å². The van der Waals surface area contributed by atoms with E-state index in [1.54, 1.807) is 6.20 Å². The normalized spacial score (nSPS) is 20.3. The third-order valence-electron chi connectivity index (χ3n) is 6.48. The van der Waals surface area contributed by atoms with Crippen LogP contribution in [0.25, 0.3) is 0 Å². The summed E-state index contributed by atoms with van der Waals surface area (Å²) in [6.07, 6.45) is 9.99. The van der Waals surface area contributed by atoms with Gasteiger partial charge in [0.2, 0.25) is 11.8 Å². The second kappa shape index (κ2) is 13.0. The summed E-state index contributed by atoms with van der Waals surface area (Å²) in [5.74, 6) is -1.22. The lowest BCUT2D eigenvalue weighted by Crippen LogP contribution is -2.47. The van der Waals surface area contributed by atoms with Crippen LogP contribution in [-0.2, 0) is 19.2 Å². The highest BCUT2D eigenvalue weighted by atomic mass is 16.6. The topological polar surface area (TPSA) is 155 Å². The van der Waals surface area contributed by atoms with E-state index in [-0.39, 0.29) is 23.3 Å². The maximum atomic E-state index is 12.4. The van der Waals surface area contributed by atoms with Crippen molar-refractivity contribution in [3.63, 3.8) is 0 Å². The molecule has 1 aromatic heterocycles. The molecule has 1 aromatic rings. The lowest BCUT2D eigenvalue weighted by atomic mass is 9.76. The van der Waals surface area contributed by atoms with E-state index < -0.39 is 11.9 Å². The Labute approximate surface area is 209 Å². The number of aliphatic carboxylic acids is 2. The molecular weight excluding hydrogens is 470 g/mol. The van der Waals surface area contributed by atoms with Crippen molar-refractivity contribution in [2.45, 2.75) is 57.5 Å². The zero-order valence-electron chi connectivity index (χ0n) is 20.2. The van der Waals surface area contributed by atoms with Crippen molar-refractivity contribution in [2.24, 2.45) is 5.41 Å². The fraction of sp³-hybridized carbons (Fsp3) is 0.560. The number of imide groups is 1. The molecule has 3 heterocycles. The maximum Gasteiger partial charge on any atom is 0.328 e. The van der Waals surface area contributed by atoms with Crippen LogP contribution in [0.5, 0.6) is 11.6 Å². The first-order chi connectivity index (χ1) is 17.3. The molecule has 4 rings (SSSR count). The summed E-state index contributed by atoms with van der Waals surface area (Å²) >= 11 is 0. The van der Waals surface area contributed by atoms with E-state index >= 15 is 0 Å². The Morgan fingerprint density at radius 1 is 1.11 bits per heavy atom. The number of nitrogens with zero attached hydrogens (tertiary/aromatic N) is 2. The number of likely N-dealkylation sites (tertiary alicyclic amines) is 1. The number of fused-ring (bicyclic) bond motifs is 1. The molecule has 1 spiro atoms. The molecule has 2 fully saturated rings. The summed E-state index contributed by atoms with van der Waals surface area (Å²) in [7, 11) is 0. The number of hydrogen-bond donors (Lipinski definition) is 3. The fourth-order valence-corrected chi connectivity index (χ4v) is 4.74. The number of amides is 2. The van der Waals surface area contributed by atoms with Gasteiger partial charge in [-0.25, -0.2) is 14.6 Å². The van der Waals surface area contributed by atoms with E-state index in [0.29, 0.717) is 56.3 Å². The molecule has 1 atom stereocenters. The molecule has 0 radical (unpaired) electrons. The van der Waals surface area contributed by atoms with Gasteiger partial charge >= 0.3 is 11.9 Å². The summed E-state index contributed by atoms with van der Waals surface area (Å²) in [6, 6.07) is 3.68. The summed E-state index contributed by atoms with van der Waals surface area (Å²) < 4.78 is 11.5. The minimum Gasteiger partial charge on any atom is -0.484 e. The first kappa shape index (κ1) is 27.1. The molecule has 0 bridgehead atoms. The zero-order valence-corrected chi connectivity index (χ0v) is 20.2. The number of pyridine rings is 1. The standard InChI is InChI=1S/C21H29N3O4.C4H4O4/c25-18-12-21(7-1-2-8-21)13-19(26)24(18)11-4-3-9-22-14-16-15-27-17-6-5-10-23-20(17)28-16;5-3(6)1-2-4(7)8/h5-6,10,16,22H,1-4,7-9,11-15H2;1-2H,(H,5,6)(H,7,8)/b;2-1+/t16-;/m1./s1. The number of aromatic nitrogens is 1. The molecule has 0 unspecified atom stereocenters. The minimum absolute atomic E-state index is 0.0121. The van der Waals surface area contributed by atoms with Crippen LogP contribution in [0, 0.1) is 5.41 Å². The Kier molecular flexibility index (Phi) is 9.80. The van der Waals surface area contributed by atoms with Crippen LogP contribution in [0.1, 0.15) is 51.4 Å². The van der Waals surface area contributed by atoms with Gasteiger partial charge in [-0.3, -0.25) is 14.5 Å². The highest BCUT2D eigenvalue weighted by Gasteiger charge is 2.44. The monoisotopic (exact) mass is 503 g/mol. The van der Waals surface area contributed by atoms with Crippen LogP contribution in [0.3, 0.4) is 0 Å². The van der Waals surface area contributed by atoms with Crippen LogP contribution >= 0.6 is 0 Å².